The fraction of sp³-hybridized carbons (Fsp3) is 0.100. The van der Waals surface area contributed by atoms with E-state index in [2.05, 4.69) is 15.0 Å². The first-order valence-electron chi connectivity index (χ1n) is 8.35. The lowest BCUT2D eigenvalue weighted by atomic mass is 10.1. The van der Waals surface area contributed by atoms with Crippen LogP contribution in [-0.4, -0.2) is 33.1 Å². The number of ether oxygens (including phenoxy) is 3. The number of pyridine rings is 1. The third kappa shape index (κ3) is 4.80. The molecule has 29 heavy (non-hydrogen) atoms. The van der Waals surface area contributed by atoms with Gasteiger partial charge in [-0.05, 0) is 31.2 Å². The number of aliphatic carboxylic acids is 1. The Labute approximate surface area is 171 Å². The zero-order chi connectivity index (χ0) is 20.8. The van der Waals surface area contributed by atoms with Crippen molar-refractivity contribution in [2.24, 2.45) is 0 Å². The summed E-state index contributed by atoms with van der Waals surface area (Å²) in [4.78, 5) is 23.4. The summed E-state index contributed by atoms with van der Waals surface area (Å²) in [5.74, 6) is 0.163. The molecule has 0 aliphatic carbocycles. The molecule has 148 valence electrons. The Morgan fingerprint density at radius 3 is 2.31 bits per heavy atom. The van der Waals surface area contributed by atoms with Crippen LogP contribution in [0, 0.1) is 0 Å². The van der Waals surface area contributed by atoms with Gasteiger partial charge >= 0.3 is 5.97 Å². The third-order valence-corrected chi connectivity index (χ3v) is 4.05. The molecule has 0 amide bonds. The average Bonchev–Trinajstić information content (AvgIpc) is 2.71. The molecule has 0 saturated heterocycles. The van der Waals surface area contributed by atoms with Gasteiger partial charge in [0.15, 0.2) is 10.9 Å². The molecule has 0 aliphatic rings. The van der Waals surface area contributed by atoms with Crippen LogP contribution in [0.3, 0.4) is 0 Å². The molecule has 0 atom stereocenters. The minimum atomic E-state index is -1.09. The Morgan fingerprint density at radius 1 is 1.00 bits per heavy atom. The molecular weight excluding hydrogens is 398 g/mol. The highest BCUT2D eigenvalue weighted by molar-refractivity contribution is 6.30. The van der Waals surface area contributed by atoms with Crippen molar-refractivity contribution in [2.75, 3.05) is 7.11 Å². The van der Waals surface area contributed by atoms with Crippen LogP contribution in [-0.2, 0) is 9.53 Å². The Bertz CT molecular complexity index is 1070. The number of methoxy groups -OCH3 is 1. The first-order chi connectivity index (χ1) is 14.0. The number of carbonyl (C=O) groups is 1. The van der Waals surface area contributed by atoms with E-state index in [1.54, 1.807) is 42.6 Å². The van der Waals surface area contributed by atoms with Crippen LogP contribution < -0.4 is 9.47 Å². The number of nitrogens with zero attached hydrogens (tertiary/aromatic N) is 3. The molecular formula is C20H16ClN3O5. The second-order valence-corrected chi connectivity index (χ2v) is 6.01. The second kappa shape index (κ2) is 9.03. The van der Waals surface area contributed by atoms with Gasteiger partial charge in [0.1, 0.15) is 17.8 Å². The van der Waals surface area contributed by atoms with Crippen LogP contribution in [0.2, 0.25) is 5.15 Å². The highest BCUT2D eigenvalue weighted by atomic mass is 35.5. The van der Waals surface area contributed by atoms with Gasteiger partial charge in [0.25, 0.3) is 0 Å². The maximum absolute atomic E-state index is 11.4. The highest BCUT2D eigenvalue weighted by Gasteiger charge is 2.17. The molecule has 3 aromatic rings. The number of hydrogen-bond donors (Lipinski definition) is 1. The van der Waals surface area contributed by atoms with E-state index in [1.165, 1.54) is 26.4 Å². The molecule has 8 nitrogen and oxygen atoms in total. The van der Waals surface area contributed by atoms with E-state index in [9.17, 15) is 9.90 Å². The highest BCUT2D eigenvalue weighted by Crippen LogP contribution is 2.33. The molecule has 0 radical (unpaired) electrons. The molecule has 0 saturated carbocycles. The third-order valence-electron chi connectivity index (χ3n) is 3.77. The van der Waals surface area contributed by atoms with Crippen LogP contribution in [0.5, 0.6) is 23.3 Å². The molecule has 0 aliphatic heterocycles. The number of aromatic nitrogens is 3. The number of halogens is 1. The summed E-state index contributed by atoms with van der Waals surface area (Å²) in [5, 5.41) is 9.49. The first kappa shape index (κ1) is 20.1. The summed E-state index contributed by atoms with van der Waals surface area (Å²) in [6.45, 7) is 1.45. The summed E-state index contributed by atoms with van der Waals surface area (Å²) in [6, 6.07) is 11.7. The molecule has 3 rings (SSSR count). The standard InChI is InChI=1S/C20H16ClN3O5/c1-12(20(25)26)18(27-2)13-6-3-4-7-14(13)28-16-10-17(24-11-23-16)29-15-8-5-9-22-19(15)21/h3-11H,1-2H3,(H,25,26)/b18-12+. The van der Waals surface area contributed by atoms with E-state index in [4.69, 9.17) is 25.8 Å². The van der Waals surface area contributed by atoms with Crippen molar-refractivity contribution in [1.29, 1.82) is 0 Å². The van der Waals surface area contributed by atoms with Gasteiger partial charge in [0.05, 0.1) is 24.3 Å². The zero-order valence-corrected chi connectivity index (χ0v) is 16.3. The SMILES string of the molecule is CO/C(=C(\C)C(=O)O)c1ccccc1Oc1cc(Oc2cccnc2Cl)ncn1. The summed E-state index contributed by atoms with van der Waals surface area (Å²) < 4.78 is 16.8. The topological polar surface area (TPSA) is 104 Å². The van der Waals surface area contributed by atoms with E-state index < -0.39 is 5.97 Å². The largest absolute Gasteiger partial charge is 0.495 e. The van der Waals surface area contributed by atoms with Crippen molar-refractivity contribution in [3.63, 3.8) is 0 Å². The van der Waals surface area contributed by atoms with Crippen molar-refractivity contribution in [2.45, 2.75) is 6.92 Å². The Kier molecular flexibility index (Phi) is 6.25. The van der Waals surface area contributed by atoms with Crippen molar-refractivity contribution < 1.29 is 24.1 Å². The summed E-state index contributed by atoms with van der Waals surface area (Å²) in [7, 11) is 1.40. The Morgan fingerprint density at radius 2 is 1.66 bits per heavy atom. The van der Waals surface area contributed by atoms with Gasteiger partial charge in [-0.15, -0.1) is 0 Å². The van der Waals surface area contributed by atoms with E-state index in [1.807, 2.05) is 0 Å². The minimum absolute atomic E-state index is 0.0430. The Balaban J connectivity index is 1.91. The van der Waals surface area contributed by atoms with Crippen molar-refractivity contribution in [1.82, 2.24) is 15.0 Å². The summed E-state index contributed by atoms with van der Waals surface area (Å²) in [5.41, 5.74) is 0.507. The first-order valence-corrected chi connectivity index (χ1v) is 8.73. The van der Waals surface area contributed by atoms with E-state index in [0.29, 0.717) is 17.1 Å². The fourth-order valence-electron chi connectivity index (χ4n) is 2.41. The van der Waals surface area contributed by atoms with Crippen molar-refractivity contribution >= 4 is 23.3 Å². The number of para-hydroxylation sites is 1. The molecule has 1 N–H and O–H groups in total. The van der Waals surface area contributed by atoms with Gasteiger partial charge in [-0.1, -0.05) is 23.7 Å². The van der Waals surface area contributed by atoms with Gasteiger partial charge < -0.3 is 19.3 Å². The number of rotatable bonds is 7. The molecule has 0 fully saturated rings. The van der Waals surface area contributed by atoms with Gasteiger partial charge in [-0.3, -0.25) is 0 Å². The number of carboxylic acid groups (broad SMARTS) is 1. The van der Waals surface area contributed by atoms with Crippen LogP contribution in [0.4, 0.5) is 0 Å². The van der Waals surface area contributed by atoms with E-state index >= 15 is 0 Å². The van der Waals surface area contributed by atoms with Gasteiger partial charge in [-0.25, -0.2) is 19.7 Å². The van der Waals surface area contributed by atoms with Gasteiger partial charge in [0, 0.05) is 6.20 Å². The smallest absolute Gasteiger partial charge is 0.335 e. The number of carboxylic acids is 1. The van der Waals surface area contributed by atoms with Crippen LogP contribution >= 0.6 is 11.6 Å². The van der Waals surface area contributed by atoms with Crippen molar-refractivity contribution in [3.8, 4) is 23.3 Å². The minimum Gasteiger partial charge on any atom is -0.495 e. The van der Waals surface area contributed by atoms with Gasteiger partial charge in [-0.2, -0.15) is 0 Å². The van der Waals surface area contributed by atoms with E-state index in [0.717, 1.165) is 0 Å². The number of hydrogen-bond acceptors (Lipinski definition) is 7. The maximum Gasteiger partial charge on any atom is 0.335 e. The summed E-state index contributed by atoms with van der Waals surface area (Å²) >= 11 is 5.99. The van der Waals surface area contributed by atoms with Crippen LogP contribution in [0.25, 0.3) is 5.76 Å². The molecule has 0 bridgehead atoms. The van der Waals surface area contributed by atoms with Crippen LogP contribution in [0.1, 0.15) is 12.5 Å². The predicted octanol–water partition coefficient (Wildman–Crippen LogP) is 4.57. The quantitative estimate of drug-likeness (QED) is 0.341. The normalized spacial score (nSPS) is 11.4. The molecule has 1 aromatic carbocycles. The monoisotopic (exact) mass is 413 g/mol. The zero-order valence-electron chi connectivity index (χ0n) is 15.5. The maximum atomic E-state index is 11.4. The lowest BCUT2D eigenvalue weighted by Gasteiger charge is -2.14. The summed E-state index contributed by atoms with van der Waals surface area (Å²) in [6.07, 6.45) is 2.81. The van der Waals surface area contributed by atoms with Crippen LogP contribution in [0.15, 0.2) is 60.6 Å². The molecule has 0 spiro atoms. The second-order valence-electron chi connectivity index (χ2n) is 5.65. The fourth-order valence-corrected chi connectivity index (χ4v) is 2.57. The Hall–Kier alpha value is -3.65. The molecule has 0 unspecified atom stereocenters. The predicted molar refractivity (Wildman–Crippen MR) is 105 cm³/mol. The van der Waals surface area contributed by atoms with Crippen molar-refractivity contribution in [3.05, 3.63) is 71.3 Å². The lowest BCUT2D eigenvalue weighted by Crippen LogP contribution is -2.03. The lowest BCUT2D eigenvalue weighted by molar-refractivity contribution is -0.132. The van der Waals surface area contributed by atoms with E-state index in [-0.39, 0.29) is 28.2 Å². The molecule has 2 heterocycles. The molecule has 9 heteroatoms. The number of benzene rings is 1. The van der Waals surface area contributed by atoms with Gasteiger partial charge in [0.2, 0.25) is 11.8 Å². The average molecular weight is 414 g/mol. The molecule has 2 aromatic heterocycles.